The second-order valence-electron chi connectivity index (χ2n) is 5.73. The fourth-order valence-electron chi connectivity index (χ4n) is 2.71. The van der Waals surface area contributed by atoms with Gasteiger partial charge in [0.2, 0.25) is 0 Å². The zero-order chi connectivity index (χ0) is 18.4. The van der Waals surface area contributed by atoms with Crippen molar-refractivity contribution in [2.75, 3.05) is 19.8 Å². The number of H-pyrrole nitrogens is 1. The molecule has 1 aromatic heterocycles. The molecule has 3 rings (SSSR count). The molecule has 3 aromatic rings. The first-order valence-corrected chi connectivity index (χ1v) is 8.82. The minimum Gasteiger partial charge on any atom is -0.490 e. The van der Waals surface area contributed by atoms with Crippen LogP contribution in [0.2, 0.25) is 0 Å². The number of carbonyl (C=O) groups excluding carboxylic acids is 1. The van der Waals surface area contributed by atoms with Crippen molar-refractivity contribution in [1.29, 1.82) is 0 Å². The summed E-state index contributed by atoms with van der Waals surface area (Å²) in [5.41, 5.74) is 2.48. The van der Waals surface area contributed by atoms with Crippen LogP contribution in [0.1, 0.15) is 30.0 Å². The summed E-state index contributed by atoms with van der Waals surface area (Å²) >= 11 is 0. The molecular weight excluding hydrogens is 330 g/mol. The molecular formula is C20H23N3O3. The highest BCUT2D eigenvalue weighted by atomic mass is 16.5. The summed E-state index contributed by atoms with van der Waals surface area (Å²) in [6.07, 6.45) is 0.635. The van der Waals surface area contributed by atoms with Gasteiger partial charge < -0.3 is 19.8 Å². The summed E-state index contributed by atoms with van der Waals surface area (Å²) in [5, 5.41) is 2.92. The van der Waals surface area contributed by atoms with E-state index in [-0.39, 0.29) is 5.91 Å². The molecule has 2 aromatic carbocycles. The molecule has 0 saturated carbocycles. The molecule has 6 nitrogen and oxygen atoms in total. The Bertz CT molecular complexity index is 856. The minimum atomic E-state index is -0.148. The standard InChI is InChI=1S/C20H23N3O3/c1-3-25-17-10-9-14(13-18(17)26-4-2)20(24)21-12-11-19-22-15-7-5-6-8-16(15)23-19/h5-10,13H,3-4,11-12H2,1-2H3,(H,21,24)(H,22,23). The molecule has 0 aliphatic rings. The van der Waals surface area contributed by atoms with Gasteiger partial charge in [-0.2, -0.15) is 0 Å². The van der Waals surface area contributed by atoms with Crippen molar-refractivity contribution in [2.45, 2.75) is 20.3 Å². The minimum absolute atomic E-state index is 0.148. The normalized spacial score (nSPS) is 10.7. The third-order valence-corrected chi connectivity index (χ3v) is 3.89. The number of imidazole rings is 1. The number of hydrogen-bond donors (Lipinski definition) is 2. The predicted molar refractivity (Wildman–Crippen MR) is 101 cm³/mol. The van der Waals surface area contributed by atoms with Crippen molar-refractivity contribution in [3.05, 3.63) is 53.9 Å². The van der Waals surface area contributed by atoms with Crippen LogP contribution in [-0.4, -0.2) is 35.6 Å². The smallest absolute Gasteiger partial charge is 0.251 e. The number of nitrogens with zero attached hydrogens (tertiary/aromatic N) is 1. The van der Waals surface area contributed by atoms with Gasteiger partial charge in [-0.25, -0.2) is 4.98 Å². The van der Waals surface area contributed by atoms with Crippen LogP contribution in [0.25, 0.3) is 11.0 Å². The van der Waals surface area contributed by atoms with Crippen molar-refractivity contribution in [3.8, 4) is 11.5 Å². The summed E-state index contributed by atoms with van der Waals surface area (Å²) in [5.74, 6) is 1.94. The number of amides is 1. The lowest BCUT2D eigenvalue weighted by Crippen LogP contribution is -2.26. The van der Waals surface area contributed by atoms with Gasteiger partial charge in [-0.15, -0.1) is 0 Å². The lowest BCUT2D eigenvalue weighted by atomic mass is 10.2. The molecule has 136 valence electrons. The zero-order valence-electron chi connectivity index (χ0n) is 15.0. The zero-order valence-corrected chi connectivity index (χ0v) is 15.0. The Morgan fingerprint density at radius 1 is 1.08 bits per heavy atom. The van der Waals surface area contributed by atoms with E-state index in [2.05, 4.69) is 15.3 Å². The first kappa shape index (κ1) is 17.8. The van der Waals surface area contributed by atoms with Gasteiger partial charge in [0.25, 0.3) is 5.91 Å². The summed E-state index contributed by atoms with van der Waals surface area (Å²) in [6.45, 7) is 5.36. The van der Waals surface area contributed by atoms with Gasteiger partial charge in [-0.1, -0.05) is 12.1 Å². The average molecular weight is 353 g/mol. The Morgan fingerprint density at radius 2 is 1.85 bits per heavy atom. The number of aromatic amines is 1. The van der Waals surface area contributed by atoms with E-state index in [1.807, 2.05) is 38.1 Å². The molecule has 0 unspecified atom stereocenters. The van der Waals surface area contributed by atoms with E-state index in [9.17, 15) is 4.79 Å². The van der Waals surface area contributed by atoms with Gasteiger partial charge in [0.05, 0.1) is 24.2 Å². The predicted octanol–water partition coefficient (Wildman–Crippen LogP) is 3.33. The van der Waals surface area contributed by atoms with E-state index in [0.717, 1.165) is 16.9 Å². The molecule has 0 fully saturated rings. The third kappa shape index (κ3) is 4.14. The van der Waals surface area contributed by atoms with E-state index >= 15 is 0 Å². The molecule has 0 radical (unpaired) electrons. The van der Waals surface area contributed by atoms with Crippen LogP contribution in [0.15, 0.2) is 42.5 Å². The van der Waals surface area contributed by atoms with Gasteiger partial charge >= 0.3 is 0 Å². The second kappa shape index (κ2) is 8.38. The van der Waals surface area contributed by atoms with Crippen LogP contribution >= 0.6 is 0 Å². The fraction of sp³-hybridized carbons (Fsp3) is 0.300. The number of nitrogens with one attached hydrogen (secondary N) is 2. The highest BCUT2D eigenvalue weighted by Gasteiger charge is 2.11. The SMILES string of the molecule is CCOc1ccc(C(=O)NCCc2nc3ccccc3[nH]2)cc1OCC. The second-order valence-corrected chi connectivity index (χ2v) is 5.73. The first-order chi connectivity index (χ1) is 12.7. The molecule has 0 aliphatic carbocycles. The quantitative estimate of drug-likeness (QED) is 0.651. The summed E-state index contributed by atoms with van der Waals surface area (Å²) < 4.78 is 11.1. The number of carbonyl (C=O) groups is 1. The Balaban J connectivity index is 1.61. The van der Waals surface area contributed by atoms with Gasteiger partial charge in [0.1, 0.15) is 5.82 Å². The summed E-state index contributed by atoms with van der Waals surface area (Å²) in [6, 6.07) is 13.1. The molecule has 1 amide bonds. The van der Waals surface area contributed by atoms with E-state index in [1.165, 1.54) is 0 Å². The Labute approximate surface area is 152 Å². The van der Waals surface area contributed by atoms with Crippen molar-refractivity contribution in [3.63, 3.8) is 0 Å². The maximum Gasteiger partial charge on any atom is 0.251 e. The van der Waals surface area contributed by atoms with Gasteiger partial charge in [0, 0.05) is 18.5 Å². The Kier molecular flexibility index (Phi) is 5.73. The molecule has 0 spiro atoms. The number of aromatic nitrogens is 2. The van der Waals surface area contributed by atoms with Crippen LogP contribution in [0.3, 0.4) is 0 Å². The van der Waals surface area contributed by atoms with E-state index in [0.29, 0.717) is 43.2 Å². The molecule has 0 aliphatic heterocycles. The van der Waals surface area contributed by atoms with E-state index in [4.69, 9.17) is 9.47 Å². The molecule has 0 atom stereocenters. The van der Waals surface area contributed by atoms with Crippen molar-refractivity contribution in [2.24, 2.45) is 0 Å². The number of benzene rings is 2. The molecule has 1 heterocycles. The lowest BCUT2D eigenvalue weighted by molar-refractivity contribution is 0.0953. The largest absolute Gasteiger partial charge is 0.490 e. The first-order valence-electron chi connectivity index (χ1n) is 8.82. The summed E-state index contributed by atoms with van der Waals surface area (Å²) in [7, 11) is 0. The number of fused-ring (bicyclic) bond motifs is 1. The van der Waals surface area contributed by atoms with Crippen LogP contribution in [0.4, 0.5) is 0 Å². The molecule has 26 heavy (non-hydrogen) atoms. The van der Waals surface area contributed by atoms with Gasteiger partial charge in [0.15, 0.2) is 11.5 Å². The molecule has 6 heteroatoms. The van der Waals surface area contributed by atoms with Crippen molar-refractivity contribution < 1.29 is 14.3 Å². The van der Waals surface area contributed by atoms with Crippen LogP contribution in [-0.2, 0) is 6.42 Å². The van der Waals surface area contributed by atoms with Crippen LogP contribution < -0.4 is 14.8 Å². The fourth-order valence-corrected chi connectivity index (χ4v) is 2.71. The monoisotopic (exact) mass is 353 g/mol. The van der Waals surface area contributed by atoms with Crippen LogP contribution in [0, 0.1) is 0 Å². The average Bonchev–Trinajstić information content (AvgIpc) is 3.06. The maximum absolute atomic E-state index is 12.4. The number of rotatable bonds is 8. The van der Waals surface area contributed by atoms with Gasteiger partial charge in [-0.05, 0) is 44.2 Å². The van der Waals surface area contributed by atoms with Gasteiger partial charge in [-0.3, -0.25) is 4.79 Å². The van der Waals surface area contributed by atoms with E-state index < -0.39 is 0 Å². The molecule has 2 N–H and O–H groups in total. The highest BCUT2D eigenvalue weighted by Crippen LogP contribution is 2.28. The third-order valence-electron chi connectivity index (χ3n) is 3.89. The summed E-state index contributed by atoms with van der Waals surface area (Å²) in [4.78, 5) is 20.2. The maximum atomic E-state index is 12.4. The topological polar surface area (TPSA) is 76.2 Å². The highest BCUT2D eigenvalue weighted by molar-refractivity contribution is 5.94. The number of para-hydroxylation sites is 2. The Hall–Kier alpha value is -3.02. The lowest BCUT2D eigenvalue weighted by Gasteiger charge is -2.12. The molecule has 0 bridgehead atoms. The number of hydrogen-bond acceptors (Lipinski definition) is 4. The Morgan fingerprint density at radius 3 is 2.62 bits per heavy atom. The molecule has 0 saturated heterocycles. The van der Waals surface area contributed by atoms with Crippen LogP contribution in [0.5, 0.6) is 11.5 Å². The van der Waals surface area contributed by atoms with E-state index in [1.54, 1.807) is 18.2 Å². The number of ether oxygens (including phenoxy) is 2. The van der Waals surface area contributed by atoms with Crippen molar-refractivity contribution >= 4 is 16.9 Å². The van der Waals surface area contributed by atoms with Crippen molar-refractivity contribution in [1.82, 2.24) is 15.3 Å².